The zero-order chi connectivity index (χ0) is 24.4. The maximum Gasteiger partial charge on any atom is 0.255 e. The predicted octanol–water partition coefficient (Wildman–Crippen LogP) is 4.86. The van der Waals surface area contributed by atoms with Crippen molar-refractivity contribution >= 4 is 55.4 Å². The van der Waals surface area contributed by atoms with Crippen LogP contribution in [-0.4, -0.2) is 28.0 Å². The summed E-state index contributed by atoms with van der Waals surface area (Å²) in [6.45, 7) is 13.7. The minimum Gasteiger partial charge on any atom is -0.399 e. The second-order valence-corrected chi connectivity index (χ2v) is 20.6. The van der Waals surface area contributed by atoms with Gasteiger partial charge in [-0.2, -0.15) is 0 Å². The number of nitrogens with two attached hydrogens (primary N) is 1. The van der Waals surface area contributed by atoms with Crippen molar-refractivity contribution in [3.63, 3.8) is 0 Å². The van der Waals surface area contributed by atoms with Crippen LogP contribution >= 0.6 is 0 Å². The van der Waals surface area contributed by atoms with Crippen molar-refractivity contribution in [1.29, 1.82) is 0 Å². The average Bonchev–Trinajstić information content (AvgIpc) is 2.72. The minimum absolute atomic E-state index is 0.309. The fraction of sp³-hybridized carbons (Fsp3) is 0.231. The summed E-state index contributed by atoms with van der Waals surface area (Å²) in [5, 5.41) is 8.43. The Labute approximate surface area is 198 Å². The Morgan fingerprint density at radius 3 is 1.24 bits per heavy atom. The Morgan fingerprint density at radius 2 is 0.939 bits per heavy atom. The van der Waals surface area contributed by atoms with Crippen molar-refractivity contribution < 1.29 is 9.59 Å². The van der Waals surface area contributed by atoms with E-state index in [2.05, 4.69) is 74.2 Å². The normalized spacial score (nSPS) is 11.7. The molecule has 0 radical (unpaired) electrons. The number of rotatable bonds is 6. The molecule has 0 bridgehead atoms. The standard InChI is InChI=1S/C26H33N3O2Si2/c1-32(2,3)23-11-7-21(8-12-23)28-25(30)18-15-19(17-20(27)16-18)26(31)29-22-9-13-24(14-10-22)33(4,5)6/h7-17H,27H2,1-6H3,(H,28,30)(H,29,31). The summed E-state index contributed by atoms with van der Waals surface area (Å²) in [7, 11) is -2.81. The van der Waals surface area contributed by atoms with Gasteiger partial charge < -0.3 is 16.4 Å². The number of amides is 2. The van der Waals surface area contributed by atoms with E-state index < -0.39 is 16.1 Å². The van der Waals surface area contributed by atoms with Gasteiger partial charge in [0.05, 0.1) is 16.1 Å². The van der Waals surface area contributed by atoms with Gasteiger partial charge in [0, 0.05) is 28.2 Å². The van der Waals surface area contributed by atoms with E-state index in [1.54, 1.807) is 18.2 Å². The number of hydrogen-bond acceptors (Lipinski definition) is 3. The summed E-state index contributed by atoms with van der Waals surface area (Å²) in [6.07, 6.45) is 0. The van der Waals surface area contributed by atoms with Crippen LogP contribution < -0.4 is 26.7 Å². The average molecular weight is 476 g/mol. The number of nitrogen functional groups attached to an aromatic ring is 1. The molecular formula is C26H33N3O2Si2. The molecule has 0 aliphatic carbocycles. The molecule has 0 aliphatic rings. The summed E-state index contributed by atoms with van der Waals surface area (Å²) < 4.78 is 0. The van der Waals surface area contributed by atoms with Crippen molar-refractivity contribution in [2.75, 3.05) is 16.4 Å². The largest absolute Gasteiger partial charge is 0.399 e. The third-order valence-corrected chi connectivity index (χ3v) is 9.63. The van der Waals surface area contributed by atoms with Gasteiger partial charge in [0.25, 0.3) is 11.8 Å². The fourth-order valence-electron chi connectivity index (χ4n) is 3.43. The summed E-state index contributed by atoms with van der Waals surface area (Å²) in [6, 6.07) is 20.6. The first kappa shape index (κ1) is 24.5. The zero-order valence-corrected chi connectivity index (χ0v) is 22.2. The van der Waals surface area contributed by atoms with Crippen LogP contribution in [0, 0.1) is 0 Å². The molecule has 0 saturated carbocycles. The number of anilines is 3. The van der Waals surface area contributed by atoms with E-state index in [0.29, 0.717) is 28.2 Å². The zero-order valence-electron chi connectivity index (χ0n) is 20.2. The molecule has 0 saturated heterocycles. The maximum atomic E-state index is 12.8. The topological polar surface area (TPSA) is 84.2 Å². The molecular weight excluding hydrogens is 442 g/mol. The molecule has 0 spiro atoms. The minimum atomic E-state index is -1.40. The molecule has 2 amide bonds. The molecule has 0 aliphatic heterocycles. The molecule has 5 nitrogen and oxygen atoms in total. The Balaban J connectivity index is 1.74. The molecule has 0 aromatic heterocycles. The molecule has 0 unspecified atom stereocenters. The van der Waals surface area contributed by atoms with Crippen LogP contribution in [0.5, 0.6) is 0 Å². The Hall–Kier alpha value is -3.17. The highest BCUT2D eigenvalue weighted by atomic mass is 28.3. The third kappa shape index (κ3) is 6.43. The lowest BCUT2D eigenvalue weighted by Crippen LogP contribution is -2.37. The van der Waals surface area contributed by atoms with Crippen LogP contribution in [0.2, 0.25) is 39.3 Å². The van der Waals surface area contributed by atoms with Crippen molar-refractivity contribution in [3.8, 4) is 0 Å². The van der Waals surface area contributed by atoms with Crippen molar-refractivity contribution in [3.05, 3.63) is 77.9 Å². The van der Waals surface area contributed by atoms with E-state index in [1.165, 1.54) is 10.4 Å². The Morgan fingerprint density at radius 1 is 0.606 bits per heavy atom. The smallest absolute Gasteiger partial charge is 0.255 e. The lowest BCUT2D eigenvalue weighted by atomic mass is 10.1. The molecule has 4 N–H and O–H groups in total. The second kappa shape index (κ2) is 9.37. The highest BCUT2D eigenvalue weighted by molar-refractivity contribution is 6.89. The maximum absolute atomic E-state index is 12.8. The van der Waals surface area contributed by atoms with Gasteiger partial charge >= 0.3 is 0 Å². The Bertz CT molecular complexity index is 1070. The van der Waals surface area contributed by atoms with Crippen molar-refractivity contribution in [1.82, 2.24) is 0 Å². The van der Waals surface area contributed by atoms with Gasteiger partial charge in [0.2, 0.25) is 0 Å². The number of carbonyl (C=O) groups is 2. The van der Waals surface area contributed by atoms with Crippen LogP contribution in [0.3, 0.4) is 0 Å². The molecule has 7 heteroatoms. The lowest BCUT2D eigenvalue weighted by molar-refractivity contribution is 0.102. The van der Waals surface area contributed by atoms with Crippen molar-refractivity contribution in [2.45, 2.75) is 39.3 Å². The number of hydrogen-bond donors (Lipinski definition) is 3. The van der Waals surface area contributed by atoms with Crippen molar-refractivity contribution in [2.24, 2.45) is 0 Å². The SMILES string of the molecule is C[Si](C)(C)c1ccc(NC(=O)c2cc(N)cc(C(=O)Nc3ccc([Si](C)(C)C)cc3)c2)cc1. The lowest BCUT2D eigenvalue weighted by Gasteiger charge is -2.17. The van der Waals surface area contributed by atoms with Gasteiger partial charge in [0.1, 0.15) is 0 Å². The highest BCUT2D eigenvalue weighted by Gasteiger charge is 2.18. The second-order valence-electron chi connectivity index (χ2n) is 10.4. The molecule has 33 heavy (non-hydrogen) atoms. The van der Waals surface area contributed by atoms with Gasteiger partial charge in [-0.25, -0.2) is 0 Å². The van der Waals surface area contributed by atoms with Gasteiger partial charge in [-0.1, -0.05) is 73.9 Å². The number of benzene rings is 3. The van der Waals surface area contributed by atoms with E-state index in [0.717, 1.165) is 0 Å². The first-order valence-corrected chi connectivity index (χ1v) is 18.1. The predicted molar refractivity (Wildman–Crippen MR) is 146 cm³/mol. The van der Waals surface area contributed by atoms with Crippen LogP contribution in [0.1, 0.15) is 20.7 Å². The van der Waals surface area contributed by atoms with E-state index in [1.807, 2.05) is 24.3 Å². The number of carbonyl (C=O) groups excluding carboxylic acids is 2. The number of nitrogens with one attached hydrogen (secondary N) is 2. The van der Waals surface area contributed by atoms with Gasteiger partial charge in [-0.15, -0.1) is 0 Å². The van der Waals surface area contributed by atoms with Crippen LogP contribution in [0.25, 0.3) is 0 Å². The van der Waals surface area contributed by atoms with E-state index in [4.69, 9.17) is 5.73 Å². The summed E-state index contributed by atoms with van der Waals surface area (Å²) in [5.74, 6) is -0.617. The highest BCUT2D eigenvalue weighted by Crippen LogP contribution is 2.17. The first-order valence-electron chi connectivity index (χ1n) is 11.1. The molecule has 3 aromatic rings. The third-order valence-electron chi connectivity index (χ3n) is 5.50. The first-order chi connectivity index (χ1) is 15.3. The van der Waals surface area contributed by atoms with Gasteiger partial charge in [-0.3, -0.25) is 9.59 Å². The molecule has 3 rings (SSSR count). The van der Waals surface area contributed by atoms with Crippen LogP contribution in [0.4, 0.5) is 17.1 Å². The molecule has 172 valence electrons. The van der Waals surface area contributed by atoms with Crippen LogP contribution in [-0.2, 0) is 0 Å². The van der Waals surface area contributed by atoms with Gasteiger partial charge in [-0.05, 0) is 42.5 Å². The molecule has 0 fully saturated rings. The van der Waals surface area contributed by atoms with E-state index in [-0.39, 0.29) is 11.8 Å². The molecule has 0 heterocycles. The molecule has 3 aromatic carbocycles. The summed E-state index contributed by atoms with van der Waals surface area (Å²) >= 11 is 0. The van der Waals surface area contributed by atoms with Gasteiger partial charge in [0.15, 0.2) is 0 Å². The van der Waals surface area contributed by atoms with E-state index in [9.17, 15) is 9.59 Å². The summed E-state index contributed by atoms with van der Waals surface area (Å²) in [4.78, 5) is 25.7. The quantitative estimate of drug-likeness (QED) is 0.351. The Kier molecular flexibility index (Phi) is 6.95. The molecule has 0 atom stereocenters. The monoisotopic (exact) mass is 475 g/mol. The summed E-state index contributed by atoms with van der Waals surface area (Å²) in [5.41, 5.74) is 8.45. The fourth-order valence-corrected chi connectivity index (χ4v) is 5.76. The van der Waals surface area contributed by atoms with E-state index >= 15 is 0 Å². The van der Waals surface area contributed by atoms with Crippen LogP contribution in [0.15, 0.2) is 66.7 Å².